The maximum Gasteiger partial charge on any atom is 0.375 e. The van der Waals surface area contributed by atoms with Gasteiger partial charge in [0, 0.05) is 21.0 Å². The minimum Gasteiger partial charge on any atom is -1.00 e. The molecule has 0 radical (unpaired) electrons. The molecule has 2 aliphatic rings. The Labute approximate surface area is 204 Å². The maximum atomic E-state index is 6.27. The molecule has 1 aliphatic carbocycles. The van der Waals surface area contributed by atoms with Gasteiger partial charge in [0.1, 0.15) is 18.6 Å². The van der Waals surface area contributed by atoms with Gasteiger partial charge in [-0.1, -0.05) is 18.2 Å². The second-order valence-electron chi connectivity index (χ2n) is 9.23. The van der Waals surface area contributed by atoms with Gasteiger partial charge in [0.25, 0.3) is 0 Å². The molecule has 0 aromatic heterocycles. The third-order valence-corrected chi connectivity index (χ3v) is 5.72. The predicted octanol–water partition coefficient (Wildman–Crippen LogP) is 1.67. The summed E-state index contributed by atoms with van der Waals surface area (Å²) in [6, 6.07) is 8.20. The zero-order chi connectivity index (χ0) is 22.1. The van der Waals surface area contributed by atoms with Crippen LogP contribution in [0, 0.1) is 0 Å². The van der Waals surface area contributed by atoms with Gasteiger partial charge < -0.3 is 42.9 Å². The number of nitrogens with zero attached hydrogens (tertiary/aromatic N) is 1. The normalized spacial score (nSPS) is 24.7. The molecule has 1 aromatic carbocycles. The molecule has 0 saturated heterocycles. The minimum atomic E-state index is -0.804. The highest BCUT2D eigenvalue weighted by Gasteiger charge is 2.57. The van der Waals surface area contributed by atoms with E-state index >= 15 is 0 Å². The van der Waals surface area contributed by atoms with E-state index in [-0.39, 0.29) is 47.6 Å². The molecule has 0 N–H and O–H groups in total. The number of hydrogen-bond acceptors (Lipinski definition) is 4. The van der Waals surface area contributed by atoms with Gasteiger partial charge in [-0.15, -0.1) is 0 Å². The van der Waals surface area contributed by atoms with Crippen LogP contribution in [-0.2, 0) is 14.2 Å². The van der Waals surface area contributed by atoms with Crippen LogP contribution in [0.4, 0.5) is 0 Å². The number of benzene rings is 1. The van der Waals surface area contributed by atoms with E-state index in [1.807, 2.05) is 52.0 Å². The van der Waals surface area contributed by atoms with E-state index in [4.69, 9.17) is 18.9 Å². The molecule has 2 unspecified atom stereocenters. The molecule has 1 aliphatic heterocycles. The molecule has 0 amide bonds. The van der Waals surface area contributed by atoms with Crippen molar-refractivity contribution in [1.82, 2.24) is 0 Å². The van der Waals surface area contributed by atoms with Crippen LogP contribution in [0.5, 0.6) is 5.75 Å². The molecule has 3 rings (SSSR count). The number of halogens is 1. The Morgan fingerprint density at radius 1 is 1.03 bits per heavy atom. The summed E-state index contributed by atoms with van der Waals surface area (Å²) in [6.07, 6.45) is 6.29. The number of methoxy groups -OCH3 is 1. The highest BCUT2D eigenvalue weighted by molar-refractivity contribution is 5.87. The van der Waals surface area contributed by atoms with Crippen molar-refractivity contribution in [3.63, 3.8) is 0 Å². The van der Waals surface area contributed by atoms with Crippen molar-refractivity contribution in [2.45, 2.75) is 70.8 Å². The van der Waals surface area contributed by atoms with Crippen LogP contribution in [0.3, 0.4) is 0 Å². The van der Waals surface area contributed by atoms with Crippen LogP contribution in [0.1, 0.15) is 53.0 Å². The summed E-state index contributed by atoms with van der Waals surface area (Å²) in [7, 11) is 3.80. The maximum absolute atomic E-state index is 6.27. The van der Waals surface area contributed by atoms with Gasteiger partial charge in [-0.05, 0) is 57.5 Å². The largest absolute Gasteiger partial charge is 1.00 e. The smallest absolute Gasteiger partial charge is 0.375 e. The van der Waals surface area contributed by atoms with Gasteiger partial charge in [0.2, 0.25) is 5.60 Å². The lowest BCUT2D eigenvalue weighted by molar-refractivity contribution is -0.566. The number of ether oxygens (including phenoxy) is 4. The lowest BCUT2D eigenvalue weighted by Crippen LogP contribution is -3.00. The predicted molar refractivity (Wildman–Crippen MR) is 119 cm³/mol. The summed E-state index contributed by atoms with van der Waals surface area (Å²) in [4.78, 5) is 0. The van der Waals surface area contributed by atoms with E-state index in [9.17, 15) is 0 Å². The van der Waals surface area contributed by atoms with E-state index in [2.05, 4.69) is 43.7 Å². The van der Waals surface area contributed by atoms with Crippen LogP contribution in [0.25, 0.3) is 0 Å². The summed E-state index contributed by atoms with van der Waals surface area (Å²) >= 11 is 0. The average molecular weight is 541 g/mol. The van der Waals surface area contributed by atoms with Gasteiger partial charge in [-0.25, -0.2) is 0 Å². The summed E-state index contributed by atoms with van der Waals surface area (Å²) < 4.78 is 26.8. The van der Waals surface area contributed by atoms with Gasteiger partial charge >= 0.3 is 5.90 Å². The Hall–Kier alpha value is -1.54. The number of rotatable bonds is 7. The lowest BCUT2D eigenvalue weighted by Gasteiger charge is -2.38. The van der Waals surface area contributed by atoms with Crippen LogP contribution < -0.4 is 28.7 Å². The van der Waals surface area contributed by atoms with Crippen LogP contribution in [-0.4, -0.2) is 54.6 Å². The Balaban J connectivity index is 0.00000341. The van der Waals surface area contributed by atoms with Crippen LogP contribution in [0.15, 0.2) is 48.3 Å². The Bertz CT molecular complexity index is 855. The van der Waals surface area contributed by atoms with Crippen molar-refractivity contribution in [2.24, 2.45) is 0 Å². The van der Waals surface area contributed by atoms with Gasteiger partial charge in [-0.2, -0.15) is 4.58 Å². The zero-order valence-corrected chi connectivity index (χ0v) is 22.1. The van der Waals surface area contributed by atoms with Crippen molar-refractivity contribution in [3.8, 4) is 5.75 Å². The van der Waals surface area contributed by atoms with Crippen molar-refractivity contribution in [1.29, 1.82) is 0 Å². The Morgan fingerprint density at radius 3 is 2.13 bits per heavy atom. The molecule has 31 heavy (non-hydrogen) atoms. The summed E-state index contributed by atoms with van der Waals surface area (Å²) in [5.74, 6) is 2.33. The first-order valence-corrected chi connectivity index (χ1v) is 10.7. The molecular formula is C25H36INO4. The number of allylic oxidation sites excluding steroid dienone is 2. The first kappa shape index (κ1) is 25.7. The van der Waals surface area contributed by atoms with E-state index in [1.165, 1.54) is 0 Å². The molecule has 5 nitrogen and oxygen atoms in total. The van der Waals surface area contributed by atoms with Gasteiger partial charge in [0.05, 0.1) is 18.1 Å². The van der Waals surface area contributed by atoms with Gasteiger partial charge in [-0.3, -0.25) is 0 Å². The summed E-state index contributed by atoms with van der Waals surface area (Å²) in [5, 5.41) is 0. The second kappa shape index (κ2) is 9.94. The molecule has 1 aromatic rings. The quantitative estimate of drug-likeness (QED) is 0.389. The van der Waals surface area contributed by atoms with Crippen molar-refractivity contribution < 1.29 is 47.5 Å². The van der Waals surface area contributed by atoms with Gasteiger partial charge in [0.15, 0.2) is 12.1 Å². The molecule has 1 heterocycles. The standard InChI is InChI=1S/C25H36NO4.HI/c1-17(2)29-20-13-11-19(12-14-20)22-21(30-18(3)4)10-9-15-25(22,27-8)23-26(7)24(5,6)16-28-23;/h9-15,17-18,22H,16H2,1-8H3;1H/q+1;/p-1. The van der Waals surface area contributed by atoms with Crippen molar-refractivity contribution >= 4 is 5.90 Å². The fraction of sp³-hybridized carbons (Fsp3) is 0.560. The fourth-order valence-corrected chi connectivity index (χ4v) is 4.05. The lowest BCUT2D eigenvalue weighted by atomic mass is 9.77. The second-order valence-corrected chi connectivity index (χ2v) is 9.23. The third-order valence-electron chi connectivity index (χ3n) is 5.72. The number of hydrogen-bond donors (Lipinski definition) is 0. The van der Waals surface area contributed by atoms with Crippen LogP contribution >= 0.6 is 0 Å². The molecular weight excluding hydrogens is 505 g/mol. The summed E-state index contributed by atoms with van der Waals surface area (Å²) in [5.41, 5.74) is 0.162. The van der Waals surface area contributed by atoms with E-state index in [0.29, 0.717) is 6.61 Å². The number of likely N-dealkylation sites (N-methyl/N-ethyl adjacent to an activating group) is 1. The topological polar surface area (TPSA) is 39.9 Å². The van der Waals surface area contributed by atoms with E-state index in [0.717, 1.165) is 23.0 Å². The van der Waals surface area contributed by atoms with Crippen LogP contribution in [0.2, 0.25) is 0 Å². The molecule has 0 saturated carbocycles. The fourth-order valence-electron chi connectivity index (χ4n) is 4.05. The van der Waals surface area contributed by atoms with E-state index < -0.39 is 5.60 Å². The highest BCUT2D eigenvalue weighted by atomic mass is 127. The Kier molecular flexibility index (Phi) is 8.25. The molecule has 6 heteroatoms. The van der Waals surface area contributed by atoms with E-state index in [1.54, 1.807) is 7.11 Å². The zero-order valence-electron chi connectivity index (χ0n) is 19.9. The van der Waals surface area contributed by atoms with Crippen molar-refractivity contribution in [2.75, 3.05) is 20.8 Å². The monoisotopic (exact) mass is 541 g/mol. The SMILES string of the molecule is COC1(C2=[N+](C)C(C)(C)CO2)C=CC=C(OC(C)C)C1c1ccc(OC(C)C)cc1.[I-]. The molecule has 172 valence electrons. The Morgan fingerprint density at radius 2 is 1.65 bits per heavy atom. The first-order valence-electron chi connectivity index (χ1n) is 10.7. The molecule has 0 bridgehead atoms. The minimum absolute atomic E-state index is 0. The molecule has 2 atom stereocenters. The average Bonchev–Trinajstić information content (AvgIpc) is 2.95. The molecule has 0 fully saturated rings. The summed E-state index contributed by atoms with van der Waals surface area (Å²) in [6.45, 7) is 13.1. The highest BCUT2D eigenvalue weighted by Crippen LogP contribution is 2.44. The molecule has 0 spiro atoms. The third kappa shape index (κ3) is 5.11. The first-order chi connectivity index (χ1) is 14.1. The van der Waals surface area contributed by atoms with Crippen molar-refractivity contribution in [3.05, 3.63) is 53.8 Å².